The van der Waals surface area contributed by atoms with E-state index in [0.29, 0.717) is 28.8 Å². The van der Waals surface area contributed by atoms with Gasteiger partial charge in [-0.05, 0) is 36.8 Å². The average molecular weight is 430 g/mol. The molecule has 10 heteroatoms. The molecule has 0 fully saturated rings. The molecule has 0 spiro atoms. The second-order valence-electron chi connectivity index (χ2n) is 6.89. The van der Waals surface area contributed by atoms with Crippen LogP contribution in [0.25, 0.3) is 11.3 Å². The Bertz CT molecular complexity index is 1220. The highest BCUT2D eigenvalue weighted by Crippen LogP contribution is 2.25. The van der Waals surface area contributed by atoms with Crippen LogP contribution in [0, 0.1) is 5.82 Å². The number of primary amides is 1. The topological polar surface area (TPSA) is 132 Å². The van der Waals surface area contributed by atoms with Gasteiger partial charge in [-0.1, -0.05) is 12.1 Å². The summed E-state index contributed by atoms with van der Waals surface area (Å²) in [6.45, 7) is 1.92. The molecule has 0 bridgehead atoms. The third-order valence-electron chi connectivity index (χ3n) is 4.57. The number of pyridine rings is 1. The number of rotatable bonds is 7. The number of nitrogens with two attached hydrogens (primary N) is 1. The summed E-state index contributed by atoms with van der Waals surface area (Å²) in [5.74, 6) is 0.408. The number of carbonyl (C=O) groups excluding carboxylic acids is 1. The molecule has 3 heterocycles. The van der Waals surface area contributed by atoms with Crippen molar-refractivity contribution in [3.05, 3.63) is 84.3 Å². The lowest BCUT2D eigenvalue weighted by molar-refractivity contribution is 0.0995. The minimum atomic E-state index is -0.611. The molecule has 1 amide bonds. The third kappa shape index (κ3) is 4.98. The Labute approximate surface area is 183 Å². The number of hydrogen-bond acceptors (Lipinski definition) is 8. The van der Waals surface area contributed by atoms with E-state index >= 15 is 0 Å². The molecule has 3 aromatic heterocycles. The summed E-state index contributed by atoms with van der Waals surface area (Å²) < 4.78 is 13.3. The highest BCUT2D eigenvalue weighted by molar-refractivity contribution is 5.91. The summed E-state index contributed by atoms with van der Waals surface area (Å²) in [5, 5.41) is 6.32. The molecule has 0 aliphatic carbocycles. The van der Waals surface area contributed by atoms with Gasteiger partial charge >= 0.3 is 0 Å². The summed E-state index contributed by atoms with van der Waals surface area (Å²) in [7, 11) is 0. The average Bonchev–Trinajstić information content (AvgIpc) is 2.80. The van der Waals surface area contributed by atoms with Crippen molar-refractivity contribution >= 4 is 23.5 Å². The van der Waals surface area contributed by atoms with E-state index < -0.39 is 5.91 Å². The van der Waals surface area contributed by atoms with Crippen LogP contribution in [0.15, 0.2) is 67.3 Å². The first-order chi connectivity index (χ1) is 15.5. The number of benzene rings is 1. The SMILES string of the molecule is C[C@H](Nc1nc(Nc2cnccn2)cc(-c2ccc(C(N)=O)nc2)n1)c1ccc(F)cc1. The second kappa shape index (κ2) is 9.13. The molecule has 0 radical (unpaired) electrons. The normalized spacial score (nSPS) is 11.6. The molecule has 0 unspecified atom stereocenters. The number of aromatic nitrogens is 5. The van der Waals surface area contributed by atoms with Crippen molar-refractivity contribution in [2.24, 2.45) is 5.73 Å². The van der Waals surface area contributed by atoms with Gasteiger partial charge < -0.3 is 16.4 Å². The molecule has 1 atom stereocenters. The lowest BCUT2D eigenvalue weighted by atomic mass is 10.1. The maximum absolute atomic E-state index is 13.3. The van der Waals surface area contributed by atoms with Crippen molar-refractivity contribution in [2.45, 2.75) is 13.0 Å². The smallest absolute Gasteiger partial charge is 0.267 e. The number of anilines is 3. The zero-order chi connectivity index (χ0) is 22.5. The number of carbonyl (C=O) groups is 1. The quantitative estimate of drug-likeness (QED) is 0.406. The molecule has 1 aromatic carbocycles. The van der Waals surface area contributed by atoms with Crippen molar-refractivity contribution in [3.8, 4) is 11.3 Å². The Morgan fingerprint density at radius 2 is 1.81 bits per heavy atom. The number of hydrogen-bond donors (Lipinski definition) is 3. The van der Waals surface area contributed by atoms with Gasteiger partial charge in [0.05, 0.1) is 17.9 Å². The first-order valence-electron chi connectivity index (χ1n) is 9.68. The van der Waals surface area contributed by atoms with E-state index in [9.17, 15) is 9.18 Å². The molecule has 4 N–H and O–H groups in total. The number of halogens is 1. The highest BCUT2D eigenvalue weighted by Gasteiger charge is 2.13. The minimum Gasteiger partial charge on any atom is -0.364 e. The summed E-state index contributed by atoms with van der Waals surface area (Å²) in [6.07, 6.45) is 6.22. The Kier molecular flexibility index (Phi) is 5.93. The molecule has 4 rings (SSSR count). The lowest BCUT2D eigenvalue weighted by Gasteiger charge is -2.16. The van der Waals surface area contributed by atoms with Crippen molar-refractivity contribution in [2.75, 3.05) is 10.6 Å². The maximum Gasteiger partial charge on any atom is 0.267 e. The van der Waals surface area contributed by atoms with Gasteiger partial charge in [0, 0.05) is 30.2 Å². The van der Waals surface area contributed by atoms with Gasteiger partial charge in [0.25, 0.3) is 5.91 Å². The van der Waals surface area contributed by atoms with Crippen LogP contribution in [0.1, 0.15) is 29.0 Å². The predicted molar refractivity (Wildman–Crippen MR) is 118 cm³/mol. The molecule has 0 aliphatic rings. The van der Waals surface area contributed by atoms with E-state index in [1.807, 2.05) is 6.92 Å². The highest BCUT2D eigenvalue weighted by atomic mass is 19.1. The van der Waals surface area contributed by atoms with Gasteiger partial charge in [-0.2, -0.15) is 4.98 Å². The molecular weight excluding hydrogens is 411 g/mol. The molecule has 0 saturated heterocycles. The summed E-state index contributed by atoms with van der Waals surface area (Å²) in [4.78, 5) is 32.7. The van der Waals surface area contributed by atoms with E-state index in [1.165, 1.54) is 24.4 Å². The van der Waals surface area contributed by atoms with Gasteiger partial charge in [0.1, 0.15) is 23.1 Å². The first-order valence-corrected chi connectivity index (χ1v) is 9.68. The van der Waals surface area contributed by atoms with E-state index in [0.717, 1.165) is 5.56 Å². The summed E-state index contributed by atoms with van der Waals surface area (Å²) in [5.41, 5.74) is 7.52. The van der Waals surface area contributed by atoms with E-state index in [-0.39, 0.29) is 17.6 Å². The van der Waals surface area contributed by atoms with Crippen LogP contribution in [0.3, 0.4) is 0 Å². The largest absolute Gasteiger partial charge is 0.364 e. The summed E-state index contributed by atoms with van der Waals surface area (Å²) >= 11 is 0. The van der Waals surface area contributed by atoms with E-state index in [4.69, 9.17) is 5.73 Å². The van der Waals surface area contributed by atoms with Crippen LogP contribution in [0.2, 0.25) is 0 Å². The molecule has 160 valence electrons. The number of nitrogens with one attached hydrogen (secondary N) is 2. The standard InChI is InChI=1S/C22H19FN8O/c1-13(14-2-5-16(23)6-3-14)28-22-29-18(15-4-7-17(21(24)32)27-11-15)10-19(31-22)30-20-12-25-8-9-26-20/h2-13H,1H3,(H2,24,32)(H2,26,28,29,30,31)/t13-/m0/s1. The Hall–Kier alpha value is -4.47. The van der Waals surface area contributed by atoms with Gasteiger partial charge in [-0.25, -0.2) is 14.4 Å². The van der Waals surface area contributed by atoms with Crippen molar-refractivity contribution in [3.63, 3.8) is 0 Å². The van der Waals surface area contributed by atoms with Crippen LogP contribution in [-0.2, 0) is 0 Å². The molecule has 9 nitrogen and oxygen atoms in total. The fourth-order valence-corrected chi connectivity index (χ4v) is 2.94. The minimum absolute atomic E-state index is 0.156. The van der Waals surface area contributed by atoms with Gasteiger partial charge in [-0.3, -0.25) is 14.8 Å². The van der Waals surface area contributed by atoms with Crippen LogP contribution in [0.4, 0.5) is 22.0 Å². The van der Waals surface area contributed by atoms with Gasteiger partial charge in [0.15, 0.2) is 0 Å². The van der Waals surface area contributed by atoms with Crippen LogP contribution < -0.4 is 16.4 Å². The third-order valence-corrected chi connectivity index (χ3v) is 4.57. The zero-order valence-electron chi connectivity index (χ0n) is 17.0. The number of nitrogens with zero attached hydrogens (tertiary/aromatic N) is 5. The molecule has 0 aliphatic heterocycles. The summed E-state index contributed by atoms with van der Waals surface area (Å²) in [6, 6.07) is 11.0. The van der Waals surface area contributed by atoms with Crippen molar-refractivity contribution in [1.29, 1.82) is 0 Å². The Morgan fingerprint density at radius 3 is 2.47 bits per heavy atom. The van der Waals surface area contributed by atoms with Crippen LogP contribution in [0.5, 0.6) is 0 Å². The van der Waals surface area contributed by atoms with Crippen molar-refractivity contribution < 1.29 is 9.18 Å². The fraction of sp³-hybridized carbons (Fsp3) is 0.0909. The molecular formula is C22H19FN8O. The van der Waals surface area contributed by atoms with Crippen molar-refractivity contribution in [1.82, 2.24) is 24.9 Å². The fourth-order valence-electron chi connectivity index (χ4n) is 2.94. The lowest BCUT2D eigenvalue weighted by Crippen LogP contribution is -2.13. The number of amides is 1. The van der Waals surface area contributed by atoms with Gasteiger partial charge in [-0.15, -0.1) is 0 Å². The monoisotopic (exact) mass is 430 g/mol. The first kappa shape index (κ1) is 20.8. The molecule has 0 saturated carbocycles. The molecule has 32 heavy (non-hydrogen) atoms. The Morgan fingerprint density at radius 1 is 1.00 bits per heavy atom. The maximum atomic E-state index is 13.3. The van der Waals surface area contributed by atoms with Crippen LogP contribution in [-0.4, -0.2) is 30.8 Å². The zero-order valence-corrected chi connectivity index (χ0v) is 17.0. The predicted octanol–water partition coefficient (Wildman–Crippen LogP) is 3.48. The van der Waals surface area contributed by atoms with E-state index in [2.05, 4.69) is 35.6 Å². The second-order valence-corrected chi connectivity index (χ2v) is 6.89. The van der Waals surface area contributed by atoms with Crippen LogP contribution >= 0.6 is 0 Å². The van der Waals surface area contributed by atoms with Gasteiger partial charge in [0.2, 0.25) is 5.95 Å². The molecule has 4 aromatic rings. The Balaban J connectivity index is 1.67. The van der Waals surface area contributed by atoms with E-state index in [1.54, 1.807) is 42.9 Å².